The van der Waals surface area contributed by atoms with E-state index in [1.165, 1.54) is 24.3 Å². The first-order valence-corrected chi connectivity index (χ1v) is 10.6. The van der Waals surface area contributed by atoms with E-state index in [0.717, 1.165) is 22.7 Å². The Labute approximate surface area is 187 Å². The Morgan fingerprint density at radius 3 is 2.41 bits per heavy atom. The minimum atomic E-state index is -4.56. The van der Waals surface area contributed by atoms with E-state index in [0.29, 0.717) is 30.3 Å². The molecule has 0 aromatic heterocycles. The zero-order chi connectivity index (χ0) is 23.3. The third kappa shape index (κ3) is 5.37. The first-order chi connectivity index (χ1) is 15.2. The van der Waals surface area contributed by atoms with Crippen LogP contribution in [0.3, 0.4) is 0 Å². The number of imide groups is 1. The van der Waals surface area contributed by atoms with Crippen molar-refractivity contribution >= 4 is 34.7 Å². The van der Waals surface area contributed by atoms with E-state index < -0.39 is 22.9 Å². The molecule has 3 rings (SSSR count). The molecule has 32 heavy (non-hydrogen) atoms. The summed E-state index contributed by atoms with van der Waals surface area (Å²) in [5.74, 6) is 0.476. The molecule has 170 valence electrons. The molecule has 1 heterocycles. The first-order valence-electron chi connectivity index (χ1n) is 9.79. The number of rotatable bonds is 8. The zero-order valence-corrected chi connectivity index (χ0v) is 18.2. The van der Waals surface area contributed by atoms with E-state index in [2.05, 4.69) is 5.32 Å². The first kappa shape index (κ1) is 23.5. The highest BCUT2D eigenvalue weighted by atomic mass is 32.2. The number of halogens is 3. The fourth-order valence-corrected chi connectivity index (χ4v) is 3.83. The predicted molar refractivity (Wildman–Crippen MR) is 117 cm³/mol. The van der Waals surface area contributed by atoms with Gasteiger partial charge in [-0.05, 0) is 61.5 Å². The number of para-hydroxylation sites is 1. The molecule has 6 nitrogen and oxygen atoms in total. The van der Waals surface area contributed by atoms with Crippen molar-refractivity contribution in [1.29, 1.82) is 0 Å². The fourth-order valence-electron chi connectivity index (χ4n) is 2.99. The molecule has 2 aromatic carbocycles. The van der Waals surface area contributed by atoms with Crippen LogP contribution < -0.4 is 14.8 Å². The fraction of sp³-hybridized carbons (Fsp3) is 0.273. The molecule has 0 radical (unpaired) electrons. The van der Waals surface area contributed by atoms with Crippen LogP contribution in [0, 0.1) is 0 Å². The number of nitrogens with zero attached hydrogens (tertiary/aromatic N) is 1. The quantitative estimate of drug-likeness (QED) is 0.510. The number of nitrogens with one attached hydrogen (secondary N) is 1. The average Bonchev–Trinajstić information content (AvgIpc) is 3.01. The van der Waals surface area contributed by atoms with Gasteiger partial charge in [-0.3, -0.25) is 14.5 Å². The van der Waals surface area contributed by atoms with Crippen molar-refractivity contribution in [1.82, 2.24) is 4.90 Å². The number of hydrogen-bond donors (Lipinski definition) is 1. The Hall–Kier alpha value is -3.14. The van der Waals surface area contributed by atoms with Crippen molar-refractivity contribution in [2.75, 3.05) is 25.2 Å². The van der Waals surface area contributed by atoms with Crippen LogP contribution in [0.1, 0.15) is 25.0 Å². The molecule has 2 aromatic rings. The minimum absolute atomic E-state index is 0.160. The van der Waals surface area contributed by atoms with Crippen molar-refractivity contribution in [2.24, 2.45) is 0 Å². The summed E-state index contributed by atoms with van der Waals surface area (Å²) < 4.78 is 50.5. The van der Waals surface area contributed by atoms with E-state index in [1.807, 2.05) is 13.8 Å². The summed E-state index contributed by atoms with van der Waals surface area (Å²) in [6.07, 6.45) is -3.03. The highest BCUT2D eigenvalue weighted by Gasteiger charge is 2.36. The lowest BCUT2D eigenvalue weighted by Crippen LogP contribution is -2.33. The van der Waals surface area contributed by atoms with Crippen LogP contribution in [0.5, 0.6) is 11.5 Å². The normalized spacial score (nSPS) is 15.4. The van der Waals surface area contributed by atoms with Crippen LogP contribution >= 0.6 is 11.8 Å². The molecule has 0 atom stereocenters. The van der Waals surface area contributed by atoms with Crippen molar-refractivity contribution in [3.8, 4) is 11.5 Å². The van der Waals surface area contributed by atoms with Gasteiger partial charge < -0.3 is 14.8 Å². The molecular weight excluding hydrogens is 445 g/mol. The molecule has 1 aliphatic heterocycles. The molecular formula is C22H21F3N2O4S. The SMILES string of the molecule is CCOc1ccc(C=C2SC(=O)N(CNc3ccccc3C(F)(F)F)C2=O)cc1OCC. The van der Waals surface area contributed by atoms with Gasteiger partial charge in [0.05, 0.1) is 30.4 Å². The third-order valence-corrected chi connectivity index (χ3v) is 5.31. The van der Waals surface area contributed by atoms with Gasteiger partial charge >= 0.3 is 6.18 Å². The highest BCUT2D eigenvalue weighted by molar-refractivity contribution is 8.18. The van der Waals surface area contributed by atoms with Gasteiger partial charge in [0.15, 0.2) is 11.5 Å². The third-order valence-electron chi connectivity index (χ3n) is 4.40. The van der Waals surface area contributed by atoms with Crippen LogP contribution in [0.2, 0.25) is 0 Å². The summed E-state index contributed by atoms with van der Waals surface area (Å²) in [4.78, 5) is 26.0. The van der Waals surface area contributed by atoms with Gasteiger partial charge in [0.2, 0.25) is 0 Å². The standard InChI is InChI=1S/C22H21F3N2O4S/c1-3-30-17-10-9-14(11-18(17)31-4-2)12-19-20(28)27(21(29)32-19)13-26-16-8-6-5-7-15(16)22(23,24)25/h5-12,26H,3-4,13H2,1-2H3. The van der Waals surface area contributed by atoms with Crippen LogP contribution in [0.4, 0.5) is 23.7 Å². The molecule has 2 amide bonds. The van der Waals surface area contributed by atoms with Crippen LogP contribution in [-0.4, -0.2) is 35.9 Å². The average molecular weight is 466 g/mol. The predicted octanol–water partition coefficient (Wildman–Crippen LogP) is 5.61. The van der Waals surface area contributed by atoms with Crippen molar-refractivity contribution in [3.05, 3.63) is 58.5 Å². The van der Waals surface area contributed by atoms with Crippen LogP contribution in [-0.2, 0) is 11.0 Å². The zero-order valence-electron chi connectivity index (χ0n) is 17.4. The Bertz CT molecular complexity index is 1040. The smallest absolute Gasteiger partial charge is 0.418 e. The maximum absolute atomic E-state index is 13.2. The van der Waals surface area contributed by atoms with Crippen LogP contribution in [0.25, 0.3) is 6.08 Å². The highest BCUT2D eigenvalue weighted by Crippen LogP contribution is 2.36. The second-order valence-electron chi connectivity index (χ2n) is 6.56. The Balaban J connectivity index is 1.77. The van der Waals surface area contributed by atoms with E-state index in [1.54, 1.807) is 18.2 Å². The number of hydrogen-bond acceptors (Lipinski definition) is 6. The van der Waals surface area contributed by atoms with Gasteiger partial charge in [-0.2, -0.15) is 13.2 Å². The van der Waals surface area contributed by atoms with E-state index >= 15 is 0 Å². The maximum atomic E-state index is 13.2. The largest absolute Gasteiger partial charge is 0.490 e. The molecule has 0 spiro atoms. The number of amides is 2. The van der Waals surface area contributed by atoms with E-state index in [4.69, 9.17) is 9.47 Å². The Morgan fingerprint density at radius 1 is 1.03 bits per heavy atom. The van der Waals surface area contributed by atoms with Gasteiger partial charge in [-0.25, -0.2) is 0 Å². The van der Waals surface area contributed by atoms with E-state index in [9.17, 15) is 22.8 Å². The number of alkyl halides is 3. The molecule has 1 fully saturated rings. The molecule has 0 bridgehead atoms. The van der Waals surface area contributed by atoms with Crippen molar-refractivity contribution in [3.63, 3.8) is 0 Å². The summed E-state index contributed by atoms with van der Waals surface area (Å²) >= 11 is 0.719. The molecule has 0 saturated carbocycles. The topological polar surface area (TPSA) is 67.9 Å². The molecule has 0 unspecified atom stereocenters. The summed E-state index contributed by atoms with van der Waals surface area (Å²) in [6, 6.07) is 10.0. The van der Waals surface area contributed by atoms with E-state index in [-0.39, 0.29) is 17.3 Å². The maximum Gasteiger partial charge on any atom is 0.418 e. The summed E-state index contributed by atoms with van der Waals surface area (Å²) in [5.41, 5.74) is -0.464. The van der Waals surface area contributed by atoms with Crippen LogP contribution in [0.15, 0.2) is 47.4 Å². The number of anilines is 1. The second-order valence-corrected chi connectivity index (χ2v) is 7.55. The lowest BCUT2D eigenvalue weighted by Gasteiger charge is -2.18. The molecule has 0 aliphatic carbocycles. The van der Waals surface area contributed by atoms with Gasteiger partial charge in [0.1, 0.15) is 0 Å². The molecule has 1 N–H and O–H groups in total. The monoisotopic (exact) mass is 466 g/mol. The number of ether oxygens (including phenoxy) is 2. The molecule has 1 aliphatic rings. The number of carbonyl (C=O) groups is 2. The van der Waals surface area contributed by atoms with Crippen molar-refractivity contribution in [2.45, 2.75) is 20.0 Å². The van der Waals surface area contributed by atoms with Gasteiger partial charge in [-0.15, -0.1) is 0 Å². The van der Waals surface area contributed by atoms with Gasteiger partial charge in [-0.1, -0.05) is 18.2 Å². The number of carbonyl (C=O) groups excluding carboxylic acids is 2. The molecule has 10 heteroatoms. The lowest BCUT2D eigenvalue weighted by molar-refractivity contribution is -0.137. The second kappa shape index (κ2) is 9.99. The van der Waals surface area contributed by atoms with Gasteiger partial charge in [0.25, 0.3) is 11.1 Å². The summed E-state index contributed by atoms with van der Waals surface area (Å²) in [5, 5.41) is 1.97. The summed E-state index contributed by atoms with van der Waals surface area (Å²) in [7, 11) is 0. The number of benzene rings is 2. The minimum Gasteiger partial charge on any atom is -0.490 e. The number of thioether (sulfide) groups is 1. The Morgan fingerprint density at radius 2 is 1.72 bits per heavy atom. The lowest BCUT2D eigenvalue weighted by atomic mass is 10.1. The summed E-state index contributed by atoms with van der Waals surface area (Å²) in [6.45, 7) is 4.18. The molecule has 1 saturated heterocycles. The van der Waals surface area contributed by atoms with Gasteiger partial charge in [0, 0.05) is 5.69 Å². The Kier molecular flexibility index (Phi) is 7.34. The van der Waals surface area contributed by atoms with Crippen molar-refractivity contribution < 1.29 is 32.2 Å².